The van der Waals surface area contributed by atoms with Gasteiger partial charge < -0.3 is 4.74 Å². The van der Waals surface area contributed by atoms with Crippen molar-refractivity contribution in [1.29, 1.82) is 5.26 Å². The van der Waals surface area contributed by atoms with E-state index < -0.39 is 38.5 Å². The highest BCUT2D eigenvalue weighted by molar-refractivity contribution is 7.89. The van der Waals surface area contributed by atoms with Gasteiger partial charge in [0.15, 0.2) is 0 Å². The number of piperidine rings is 1. The molecule has 0 atom stereocenters. The third kappa shape index (κ3) is 5.42. The number of benzene rings is 2. The first kappa shape index (κ1) is 22.8. The second kappa shape index (κ2) is 9.08. The van der Waals surface area contributed by atoms with Crippen molar-refractivity contribution in [2.45, 2.75) is 30.5 Å². The molecule has 6 nitrogen and oxygen atoms in total. The van der Waals surface area contributed by atoms with Crippen LogP contribution >= 0.6 is 0 Å². The topological polar surface area (TPSA) is 87.5 Å². The Labute approximate surface area is 177 Å². The average molecular weight is 452 g/mol. The molecular formula is C21H19F3N2O4S. The molecule has 31 heavy (non-hydrogen) atoms. The monoisotopic (exact) mass is 452 g/mol. The first-order valence-electron chi connectivity index (χ1n) is 9.44. The molecule has 0 amide bonds. The Morgan fingerprint density at radius 2 is 1.77 bits per heavy atom. The summed E-state index contributed by atoms with van der Waals surface area (Å²) in [6, 6.07) is 12.2. The van der Waals surface area contributed by atoms with Crippen molar-refractivity contribution in [3.63, 3.8) is 0 Å². The number of sulfonamides is 1. The fourth-order valence-electron chi connectivity index (χ4n) is 3.26. The van der Waals surface area contributed by atoms with E-state index in [-0.39, 0.29) is 32.5 Å². The highest BCUT2D eigenvalue weighted by atomic mass is 32.2. The number of halogens is 3. The number of nitriles is 1. The Hall–Kier alpha value is -2.90. The lowest BCUT2D eigenvalue weighted by molar-refractivity contribution is -0.151. The summed E-state index contributed by atoms with van der Waals surface area (Å²) in [6.07, 6.45) is -4.22. The molecular weight excluding hydrogens is 433 g/mol. The van der Waals surface area contributed by atoms with Crippen LogP contribution in [0.1, 0.15) is 29.5 Å². The minimum atomic E-state index is -4.64. The van der Waals surface area contributed by atoms with Gasteiger partial charge in [-0.1, -0.05) is 18.2 Å². The molecule has 10 heteroatoms. The van der Waals surface area contributed by atoms with Gasteiger partial charge in [-0.25, -0.2) is 8.42 Å². The Kier molecular flexibility index (Phi) is 6.67. The molecule has 1 saturated heterocycles. The summed E-state index contributed by atoms with van der Waals surface area (Å²) in [5.41, 5.74) is 0.177. The van der Waals surface area contributed by atoms with E-state index in [1.807, 2.05) is 6.07 Å². The average Bonchev–Trinajstić information content (AvgIpc) is 2.77. The van der Waals surface area contributed by atoms with E-state index in [9.17, 15) is 26.4 Å². The minimum absolute atomic E-state index is 0.00914. The van der Waals surface area contributed by atoms with E-state index in [4.69, 9.17) is 10.00 Å². The molecule has 2 aromatic carbocycles. The number of alkyl halides is 3. The SMILES string of the molecule is N#Cc1ccc(COC(=O)C2CCN(S(=O)(=O)c3cccc(C(F)(F)F)c3)CC2)cc1. The Balaban J connectivity index is 1.58. The highest BCUT2D eigenvalue weighted by Crippen LogP contribution is 2.32. The maximum Gasteiger partial charge on any atom is 0.416 e. The maximum absolute atomic E-state index is 12.9. The predicted molar refractivity (Wildman–Crippen MR) is 104 cm³/mol. The summed E-state index contributed by atoms with van der Waals surface area (Å²) >= 11 is 0. The summed E-state index contributed by atoms with van der Waals surface area (Å²) in [4.78, 5) is 11.9. The Morgan fingerprint density at radius 1 is 1.13 bits per heavy atom. The summed E-state index contributed by atoms with van der Waals surface area (Å²) in [5.74, 6) is -0.952. The van der Waals surface area contributed by atoms with Crippen LogP contribution in [0.5, 0.6) is 0 Å². The quantitative estimate of drug-likeness (QED) is 0.646. The molecule has 0 radical (unpaired) electrons. The molecule has 1 aliphatic heterocycles. The lowest BCUT2D eigenvalue weighted by Crippen LogP contribution is -2.40. The largest absolute Gasteiger partial charge is 0.461 e. The van der Waals surface area contributed by atoms with Crippen LogP contribution in [0, 0.1) is 17.2 Å². The predicted octanol–water partition coefficient (Wildman–Crippen LogP) is 3.72. The number of hydrogen-bond donors (Lipinski definition) is 0. The molecule has 1 heterocycles. The van der Waals surface area contributed by atoms with E-state index in [2.05, 4.69) is 0 Å². The molecule has 164 valence electrons. The molecule has 3 rings (SSSR count). The number of nitrogens with zero attached hydrogens (tertiary/aromatic N) is 2. The first-order chi connectivity index (χ1) is 14.6. The summed E-state index contributed by atoms with van der Waals surface area (Å²) in [7, 11) is -4.10. The molecule has 0 saturated carbocycles. The Bertz CT molecular complexity index is 1080. The number of ether oxygens (including phenoxy) is 1. The lowest BCUT2D eigenvalue weighted by atomic mass is 9.98. The van der Waals surface area contributed by atoms with E-state index in [1.165, 1.54) is 0 Å². The van der Waals surface area contributed by atoms with Gasteiger partial charge in [0, 0.05) is 13.1 Å². The van der Waals surface area contributed by atoms with Gasteiger partial charge in [-0.3, -0.25) is 4.79 Å². The van der Waals surface area contributed by atoms with E-state index in [0.717, 1.165) is 28.1 Å². The number of carbonyl (C=O) groups excluding carboxylic acids is 1. The third-order valence-corrected chi connectivity index (χ3v) is 6.95. The molecule has 0 N–H and O–H groups in total. The van der Waals surface area contributed by atoms with Crippen LogP contribution in [-0.4, -0.2) is 31.8 Å². The van der Waals surface area contributed by atoms with Crippen LogP contribution in [-0.2, 0) is 32.3 Å². The Morgan fingerprint density at radius 3 is 2.35 bits per heavy atom. The second-order valence-electron chi connectivity index (χ2n) is 7.12. The van der Waals surface area contributed by atoms with Crippen molar-refractivity contribution in [2.75, 3.05) is 13.1 Å². The van der Waals surface area contributed by atoms with Crippen molar-refractivity contribution in [3.8, 4) is 6.07 Å². The molecule has 0 spiro atoms. The zero-order valence-corrected chi connectivity index (χ0v) is 17.1. The van der Waals surface area contributed by atoms with Gasteiger partial charge in [0.05, 0.1) is 28.0 Å². The summed E-state index contributed by atoms with van der Waals surface area (Å²) in [6.45, 7) is 0.0533. The zero-order chi connectivity index (χ0) is 22.6. The van der Waals surface area contributed by atoms with Crippen LogP contribution < -0.4 is 0 Å². The molecule has 1 fully saturated rings. The van der Waals surface area contributed by atoms with Crippen molar-refractivity contribution >= 4 is 16.0 Å². The lowest BCUT2D eigenvalue weighted by Gasteiger charge is -2.30. The van der Waals surface area contributed by atoms with Gasteiger partial charge in [-0.2, -0.15) is 22.7 Å². The molecule has 0 aromatic heterocycles. The van der Waals surface area contributed by atoms with Crippen molar-refractivity contribution in [1.82, 2.24) is 4.31 Å². The van der Waals surface area contributed by atoms with E-state index >= 15 is 0 Å². The minimum Gasteiger partial charge on any atom is -0.461 e. The van der Waals surface area contributed by atoms with Crippen molar-refractivity contribution < 1.29 is 31.1 Å². The zero-order valence-electron chi connectivity index (χ0n) is 16.3. The van der Waals surface area contributed by atoms with Gasteiger partial charge in [-0.05, 0) is 48.7 Å². The van der Waals surface area contributed by atoms with Crippen LogP contribution in [0.4, 0.5) is 13.2 Å². The van der Waals surface area contributed by atoms with Crippen LogP contribution in [0.25, 0.3) is 0 Å². The summed E-state index contributed by atoms with van der Waals surface area (Å²) in [5, 5.41) is 8.79. The van der Waals surface area contributed by atoms with Crippen LogP contribution in [0.3, 0.4) is 0 Å². The third-order valence-electron chi connectivity index (χ3n) is 5.05. The first-order valence-corrected chi connectivity index (χ1v) is 10.9. The summed E-state index contributed by atoms with van der Waals surface area (Å²) < 4.78 is 70.5. The smallest absolute Gasteiger partial charge is 0.416 e. The van der Waals surface area contributed by atoms with Gasteiger partial charge in [-0.15, -0.1) is 0 Å². The van der Waals surface area contributed by atoms with Crippen LogP contribution in [0.2, 0.25) is 0 Å². The van der Waals surface area contributed by atoms with Crippen LogP contribution in [0.15, 0.2) is 53.4 Å². The van der Waals surface area contributed by atoms with Crippen molar-refractivity contribution in [3.05, 3.63) is 65.2 Å². The van der Waals surface area contributed by atoms with Gasteiger partial charge in [0.25, 0.3) is 0 Å². The van der Waals surface area contributed by atoms with Crippen molar-refractivity contribution in [2.24, 2.45) is 5.92 Å². The molecule has 0 bridgehead atoms. The molecule has 2 aromatic rings. The number of esters is 1. The van der Waals surface area contributed by atoms with Gasteiger partial charge >= 0.3 is 12.1 Å². The molecule has 1 aliphatic rings. The fraction of sp³-hybridized carbons (Fsp3) is 0.333. The standard InChI is InChI=1S/C21H19F3N2O4S/c22-21(23,24)18-2-1-3-19(12-18)31(28,29)26-10-8-17(9-11-26)20(27)30-14-16-6-4-15(13-25)5-7-16/h1-7,12,17H,8-11,14H2. The van der Waals surface area contributed by atoms with E-state index in [1.54, 1.807) is 24.3 Å². The van der Waals surface area contributed by atoms with E-state index in [0.29, 0.717) is 11.6 Å². The number of hydrogen-bond acceptors (Lipinski definition) is 5. The second-order valence-corrected chi connectivity index (χ2v) is 9.06. The molecule has 0 aliphatic carbocycles. The van der Waals surface area contributed by atoms with Gasteiger partial charge in [0.2, 0.25) is 10.0 Å². The molecule has 0 unspecified atom stereocenters. The maximum atomic E-state index is 12.9. The fourth-order valence-corrected chi connectivity index (χ4v) is 4.78. The number of rotatable bonds is 5. The normalized spacial score (nSPS) is 15.9. The number of carbonyl (C=O) groups is 1. The van der Waals surface area contributed by atoms with Gasteiger partial charge in [0.1, 0.15) is 6.61 Å². The highest BCUT2D eigenvalue weighted by Gasteiger charge is 2.35.